The lowest BCUT2D eigenvalue weighted by atomic mass is 10.0. The Labute approximate surface area is 172 Å². The number of benzene rings is 2. The number of nitro benzene ring substituents is 1. The second-order valence-corrected chi connectivity index (χ2v) is 7.28. The Bertz CT molecular complexity index is 1080. The van der Waals surface area contributed by atoms with Gasteiger partial charge in [-0.15, -0.1) is 0 Å². The number of rotatable bonds is 5. The number of nitro groups is 1. The second-order valence-electron chi connectivity index (χ2n) is 7.28. The molecule has 4 rings (SSSR count). The van der Waals surface area contributed by atoms with Gasteiger partial charge in [0, 0.05) is 49.2 Å². The molecule has 3 aromatic rings. The summed E-state index contributed by atoms with van der Waals surface area (Å²) >= 11 is 0. The van der Waals surface area contributed by atoms with Crippen LogP contribution >= 0.6 is 0 Å². The predicted molar refractivity (Wildman–Crippen MR) is 107 cm³/mol. The summed E-state index contributed by atoms with van der Waals surface area (Å²) in [5, 5.41) is 11.3. The summed E-state index contributed by atoms with van der Waals surface area (Å²) < 4.78 is 35.2. The van der Waals surface area contributed by atoms with Crippen LogP contribution in [0.4, 0.5) is 14.5 Å². The monoisotopic (exact) mass is 413 g/mol. The Balaban J connectivity index is 1.78. The molecule has 2 heterocycles. The fraction of sp³-hybridized carbons (Fsp3) is 0.273. The van der Waals surface area contributed by atoms with Gasteiger partial charge in [-0.3, -0.25) is 15.0 Å². The molecule has 156 valence electrons. The molecule has 1 aliphatic heterocycles. The van der Waals surface area contributed by atoms with Crippen molar-refractivity contribution in [1.29, 1.82) is 0 Å². The molecule has 2 aromatic carbocycles. The lowest BCUT2D eigenvalue weighted by Crippen LogP contribution is -2.29. The SMILES string of the molecule is COc1ccc([N+](=O)[O-])cc1CN1CCCn2cccc2[C@H]1c1ccc(F)c(F)c1. The first-order valence-electron chi connectivity index (χ1n) is 9.63. The summed E-state index contributed by atoms with van der Waals surface area (Å²) in [4.78, 5) is 12.9. The van der Waals surface area contributed by atoms with Gasteiger partial charge in [-0.05, 0) is 42.3 Å². The Kier molecular flexibility index (Phi) is 5.50. The van der Waals surface area contributed by atoms with Crippen LogP contribution < -0.4 is 4.74 Å². The number of nitrogens with zero attached hydrogens (tertiary/aromatic N) is 3. The summed E-state index contributed by atoms with van der Waals surface area (Å²) in [5.74, 6) is -1.25. The fourth-order valence-electron chi connectivity index (χ4n) is 4.09. The van der Waals surface area contributed by atoms with Gasteiger partial charge < -0.3 is 9.30 Å². The maximum Gasteiger partial charge on any atom is 0.270 e. The van der Waals surface area contributed by atoms with E-state index >= 15 is 0 Å². The highest BCUT2D eigenvalue weighted by Crippen LogP contribution is 2.35. The topological polar surface area (TPSA) is 60.5 Å². The average molecular weight is 413 g/mol. The minimum Gasteiger partial charge on any atom is -0.496 e. The van der Waals surface area contributed by atoms with Gasteiger partial charge in [0.05, 0.1) is 18.1 Å². The van der Waals surface area contributed by atoms with Crippen LogP contribution in [0.15, 0.2) is 54.7 Å². The van der Waals surface area contributed by atoms with Gasteiger partial charge in [-0.25, -0.2) is 8.78 Å². The van der Waals surface area contributed by atoms with Crippen molar-refractivity contribution in [2.24, 2.45) is 0 Å². The lowest BCUT2D eigenvalue weighted by Gasteiger charge is -2.31. The third-order valence-electron chi connectivity index (χ3n) is 5.46. The van der Waals surface area contributed by atoms with Gasteiger partial charge in [0.15, 0.2) is 11.6 Å². The van der Waals surface area contributed by atoms with E-state index in [1.165, 1.54) is 25.3 Å². The third kappa shape index (κ3) is 3.78. The Morgan fingerprint density at radius 1 is 1.13 bits per heavy atom. The lowest BCUT2D eigenvalue weighted by molar-refractivity contribution is -0.385. The van der Waals surface area contributed by atoms with E-state index in [1.54, 1.807) is 12.1 Å². The van der Waals surface area contributed by atoms with Crippen LogP contribution in [0.1, 0.15) is 29.3 Å². The maximum atomic E-state index is 14.1. The number of halogens is 2. The highest BCUT2D eigenvalue weighted by Gasteiger charge is 2.29. The summed E-state index contributed by atoms with van der Waals surface area (Å²) in [6, 6.07) is 12.0. The molecular formula is C22H21F2N3O3. The summed E-state index contributed by atoms with van der Waals surface area (Å²) in [5.41, 5.74) is 2.23. The molecular weight excluding hydrogens is 392 g/mol. The fourth-order valence-corrected chi connectivity index (χ4v) is 4.09. The number of ether oxygens (including phenoxy) is 1. The number of fused-ring (bicyclic) bond motifs is 1. The molecule has 0 spiro atoms. The smallest absolute Gasteiger partial charge is 0.270 e. The maximum absolute atomic E-state index is 14.1. The van der Waals surface area contributed by atoms with E-state index in [1.807, 2.05) is 18.3 Å². The highest BCUT2D eigenvalue weighted by molar-refractivity contribution is 5.44. The van der Waals surface area contributed by atoms with Crippen LogP contribution in [-0.2, 0) is 13.1 Å². The van der Waals surface area contributed by atoms with Gasteiger partial charge in [-0.1, -0.05) is 6.07 Å². The zero-order valence-electron chi connectivity index (χ0n) is 16.4. The van der Waals surface area contributed by atoms with Crippen LogP contribution in [0.25, 0.3) is 0 Å². The van der Waals surface area contributed by atoms with Gasteiger partial charge in [-0.2, -0.15) is 0 Å². The molecule has 1 atom stereocenters. The van der Waals surface area contributed by atoms with Crippen molar-refractivity contribution in [3.05, 3.63) is 93.3 Å². The zero-order chi connectivity index (χ0) is 21.3. The summed E-state index contributed by atoms with van der Waals surface area (Å²) in [6.07, 6.45) is 2.82. The predicted octanol–water partition coefficient (Wildman–Crippen LogP) is 4.68. The van der Waals surface area contributed by atoms with Gasteiger partial charge in [0.1, 0.15) is 5.75 Å². The molecule has 0 aliphatic carbocycles. The molecule has 8 heteroatoms. The minimum atomic E-state index is -0.900. The van der Waals surface area contributed by atoms with Crippen molar-refractivity contribution >= 4 is 5.69 Å². The van der Waals surface area contributed by atoms with Crippen molar-refractivity contribution in [2.75, 3.05) is 13.7 Å². The van der Waals surface area contributed by atoms with Gasteiger partial charge in [0.25, 0.3) is 5.69 Å². The van der Waals surface area contributed by atoms with Crippen molar-refractivity contribution in [3.8, 4) is 5.75 Å². The van der Waals surface area contributed by atoms with E-state index in [0.29, 0.717) is 30.0 Å². The largest absolute Gasteiger partial charge is 0.496 e. The first kappa shape index (κ1) is 20.0. The second kappa shape index (κ2) is 8.23. The first-order chi connectivity index (χ1) is 14.5. The van der Waals surface area contributed by atoms with E-state index in [-0.39, 0.29) is 11.7 Å². The van der Waals surface area contributed by atoms with Crippen LogP contribution in [0.5, 0.6) is 5.75 Å². The molecule has 6 nitrogen and oxygen atoms in total. The van der Waals surface area contributed by atoms with Crippen molar-refractivity contribution in [1.82, 2.24) is 9.47 Å². The molecule has 30 heavy (non-hydrogen) atoms. The van der Waals surface area contributed by atoms with Crippen molar-refractivity contribution < 1.29 is 18.4 Å². The third-order valence-corrected chi connectivity index (χ3v) is 5.46. The summed E-state index contributed by atoms with van der Waals surface area (Å²) in [7, 11) is 1.52. The normalized spacial score (nSPS) is 16.7. The number of hydrogen-bond acceptors (Lipinski definition) is 4. The molecule has 0 amide bonds. The molecule has 0 saturated heterocycles. The molecule has 0 unspecified atom stereocenters. The number of hydrogen-bond donors (Lipinski definition) is 0. The highest BCUT2D eigenvalue weighted by atomic mass is 19.2. The van der Waals surface area contributed by atoms with E-state index in [0.717, 1.165) is 24.7 Å². The Morgan fingerprint density at radius 3 is 2.70 bits per heavy atom. The minimum absolute atomic E-state index is 0.0200. The summed E-state index contributed by atoms with van der Waals surface area (Å²) in [6.45, 7) is 1.84. The quantitative estimate of drug-likeness (QED) is 0.450. The molecule has 1 aliphatic rings. The number of aromatic nitrogens is 1. The van der Waals surface area contributed by atoms with Gasteiger partial charge in [0.2, 0.25) is 0 Å². The van der Waals surface area contributed by atoms with Crippen molar-refractivity contribution in [3.63, 3.8) is 0 Å². The van der Waals surface area contributed by atoms with E-state index in [9.17, 15) is 18.9 Å². The number of non-ortho nitro benzene ring substituents is 1. The first-order valence-corrected chi connectivity index (χ1v) is 9.63. The van der Waals surface area contributed by atoms with E-state index in [4.69, 9.17) is 4.74 Å². The molecule has 1 aromatic heterocycles. The average Bonchev–Trinajstić information content (AvgIpc) is 3.11. The Morgan fingerprint density at radius 2 is 1.97 bits per heavy atom. The Hall–Kier alpha value is -3.26. The van der Waals surface area contributed by atoms with Crippen LogP contribution in [0, 0.1) is 21.7 Å². The van der Waals surface area contributed by atoms with Crippen molar-refractivity contribution in [2.45, 2.75) is 25.6 Å². The van der Waals surface area contributed by atoms with Crippen LogP contribution in [-0.4, -0.2) is 28.0 Å². The number of methoxy groups -OCH3 is 1. The molecule has 0 radical (unpaired) electrons. The van der Waals surface area contributed by atoms with Crippen LogP contribution in [0.2, 0.25) is 0 Å². The molecule has 0 N–H and O–H groups in total. The standard InChI is InChI=1S/C22H21F2N3O3/c1-30-21-8-6-17(27(28)29)12-16(21)14-26-11-3-10-25-9-2-4-20(25)22(26)15-5-7-18(23)19(24)13-15/h2,4-9,12-13,22H,3,10-11,14H2,1H3/t22-/m1/s1. The zero-order valence-corrected chi connectivity index (χ0v) is 16.4. The number of aryl methyl sites for hydroxylation is 1. The van der Waals surface area contributed by atoms with E-state index in [2.05, 4.69) is 9.47 Å². The van der Waals surface area contributed by atoms with Gasteiger partial charge >= 0.3 is 0 Å². The molecule has 0 bridgehead atoms. The van der Waals surface area contributed by atoms with Crippen LogP contribution in [0.3, 0.4) is 0 Å². The molecule has 0 saturated carbocycles. The van der Waals surface area contributed by atoms with E-state index < -0.39 is 16.6 Å². The molecule has 0 fully saturated rings.